The summed E-state index contributed by atoms with van der Waals surface area (Å²) in [5.74, 6) is -0.393. The minimum Gasteiger partial charge on any atom is -0.205 e. The van der Waals surface area contributed by atoms with Crippen LogP contribution in [0.15, 0.2) is 22.4 Å². The molecular formula is C10H6FNS2. The first kappa shape index (κ1) is 9.50. The Morgan fingerprint density at radius 2 is 2.29 bits per heavy atom. The maximum Gasteiger partial charge on any atom is 0.150 e. The first-order chi connectivity index (χ1) is 6.77. The number of halogens is 1. The van der Waals surface area contributed by atoms with Crippen LogP contribution < -0.4 is 0 Å². The molecule has 0 aliphatic carbocycles. The molecule has 70 valence electrons. The summed E-state index contributed by atoms with van der Waals surface area (Å²) >= 11 is 3.00. The summed E-state index contributed by atoms with van der Waals surface area (Å²) in [4.78, 5) is 0.902. The predicted octanol–water partition coefficient (Wildman–Crippen LogP) is 3.63. The molecular weight excluding hydrogens is 217 g/mol. The molecule has 1 nitrogen and oxygen atoms in total. The van der Waals surface area contributed by atoms with Gasteiger partial charge in [-0.25, -0.2) is 4.39 Å². The molecule has 14 heavy (non-hydrogen) atoms. The molecule has 1 aromatic carbocycles. The van der Waals surface area contributed by atoms with Crippen LogP contribution in [0, 0.1) is 17.1 Å². The van der Waals surface area contributed by atoms with Gasteiger partial charge in [-0.2, -0.15) is 5.26 Å². The topological polar surface area (TPSA) is 23.8 Å². The summed E-state index contributed by atoms with van der Waals surface area (Å²) < 4.78 is 14.6. The van der Waals surface area contributed by atoms with E-state index in [-0.39, 0.29) is 5.56 Å². The maximum absolute atomic E-state index is 13.7. The zero-order valence-electron chi connectivity index (χ0n) is 7.37. The third-order valence-electron chi connectivity index (χ3n) is 1.98. The van der Waals surface area contributed by atoms with Crippen molar-refractivity contribution in [2.45, 2.75) is 4.90 Å². The highest BCUT2D eigenvalue weighted by Crippen LogP contribution is 2.34. The SMILES string of the molecule is CSc1csc2ccc(C#N)c(F)c12. The molecule has 1 heterocycles. The average molecular weight is 223 g/mol. The van der Waals surface area contributed by atoms with E-state index in [0.717, 1.165) is 9.60 Å². The molecule has 0 N–H and O–H groups in total. The summed E-state index contributed by atoms with van der Waals surface area (Å²) in [6.45, 7) is 0. The van der Waals surface area contributed by atoms with Gasteiger partial charge in [-0.05, 0) is 18.4 Å². The van der Waals surface area contributed by atoms with Gasteiger partial charge in [-0.1, -0.05) is 0 Å². The number of benzene rings is 1. The van der Waals surface area contributed by atoms with Gasteiger partial charge in [-0.3, -0.25) is 0 Å². The second kappa shape index (κ2) is 3.60. The standard InChI is InChI=1S/C10H6FNS2/c1-13-8-5-14-7-3-2-6(4-12)10(11)9(7)8/h2-3,5H,1H3. The summed E-state index contributed by atoms with van der Waals surface area (Å²) in [6, 6.07) is 5.17. The van der Waals surface area contributed by atoms with Crippen LogP contribution in [-0.2, 0) is 0 Å². The second-order valence-corrected chi connectivity index (χ2v) is 4.48. The van der Waals surface area contributed by atoms with Gasteiger partial charge in [0.25, 0.3) is 0 Å². The van der Waals surface area contributed by atoms with Crippen LogP contribution in [0.25, 0.3) is 10.1 Å². The van der Waals surface area contributed by atoms with Crippen LogP contribution in [0.5, 0.6) is 0 Å². The van der Waals surface area contributed by atoms with Gasteiger partial charge >= 0.3 is 0 Å². The van der Waals surface area contributed by atoms with E-state index in [1.165, 1.54) is 29.2 Å². The Balaban J connectivity index is 2.85. The van der Waals surface area contributed by atoms with Crippen LogP contribution in [-0.4, -0.2) is 6.26 Å². The van der Waals surface area contributed by atoms with E-state index in [0.29, 0.717) is 5.39 Å². The van der Waals surface area contributed by atoms with Crippen molar-refractivity contribution in [3.8, 4) is 6.07 Å². The number of fused-ring (bicyclic) bond motifs is 1. The van der Waals surface area contributed by atoms with Crippen molar-refractivity contribution >= 4 is 33.2 Å². The zero-order chi connectivity index (χ0) is 10.1. The fourth-order valence-electron chi connectivity index (χ4n) is 1.30. The van der Waals surface area contributed by atoms with Crippen molar-refractivity contribution in [2.24, 2.45) is 0 Å². The third kappa shape index (κ3) is 1.29. The van der Waals surface area contributed by atoms with Gasteiger partial charge in [0, 0.05) is 20.4 Å². The maximum atomic E-state index is 13.7. The Kier molecular flexibility index (Phi) is 2.44. The fraction of sp³-hybridized carbons (Fsp3) is 0.100. The number of nitriles is 1. The van der Waals surface area contributed by atoms with Crippen molar-refractivity contribution in [2.75, 3.05) is 6.26 Å². The van der Waals surface area contributed by atoms with Crippen molar-refractivity contribution in [1.82, 2.24) is 0 Å². The predicted molar refractivity (Wildman–Crippen MR) is 58.3 cm³/mol. The van der Waals surface area contributed by atoms with Gasteiger partial charge in [0.15, 0.2) is 5.82 Å². The van der Waals surface area contributed by atoms with Crippen molar-refractivity contribution in [1.29, 1.82) is 5.26 Å². The Labute approximate surface area is 89.2 Å². The molecule has 0 saturated carbocycles. The lowest BCUT2D eigenvalue weighted by Crippen LogP contribution is -1.83. The van der Waals surface area contributed by atoms with Crippen LogP contribution in [0.4, 0.5) is 4.39 Å². The van der Waals surface area contributed by atoms with Gasteiger partial charge in [0.2, 0.25) is 0 Å². The molecule has 2 rings (SSSR count). The molecule has 0 bridgehead atoms. The molecule has 0 spiro atoms. The number of thiophene rings is 1. The minimum absolute atomic E-state index is 0.117. The second-order valence-electron chi connectivity index (χ2n) is 2.72. The quantitative estimate of drug-likeness (QED) is 0.689. The van der Waals surface area contributed by atoms with Crippen molar-refractivity contribution in [3.63, 3.8) is 0 Å². The summed E-state index contributed by atoms with van der Waals surface area (Å²) in [5.41, 5.74) is 0.117. The fourth-order valence-corrected chi connectivity index (χ4v) is 3.11. The van der Waals surface area contributed by atoms with E-state index < -0.39 is 5.82 Å². The zero-order valence-corrected chi connectivity index (χ0v) is 9.01. The first-order valence-corrected chi connectivity index (χ1v) is 6.02. The van der Waals surface area contributed by atoms with Crippen LogP contribution >= 0.6 is 23.1 Å². The van der Waals surface area contributed by atoms with Crippen LogP contribution in [0.2, 0.25) is 0 Å². The molecule has 1 aromatic heterocycles. The molecule has 0 unspecified atom stereocenters. The molecule has 0 saturated heterocycles. The van der Waals surface area contributed by atoms with Crippen LogP contribution in [0.3, 0.4) is 0 Å². The smallest absolute Gasteiger partial charge is 0.150 e. The molecule has 0 atom stereocenters. The molecule has 2 aromatic rings. The van der Waals surface area contributed by atoms with E-state index in [9.17, 15) is 4.39 Å². The lowest BCUT2D eigenvalue weighted by molar-refractivity contribution is 0.635. The summed E-state index contributed by atoms with van der Waals surface area (Å²) in [5, 5.41) is 11.2. The third-order valence-corrected chi connectivity index (χ3v) is 3.84. The number of thioether (sulfide) groups is 1. The Morgan fingerprint density at radius 3 is 2.93 bits per heavy atom. The molecule has 0 radical (unpaired) electrons. The number of rotatable bonds is 1. The molecule has 0 aliphatic rings. The minimum atomic E-state index is -0.393. The first-order valence-electron chi connectivity index (χ1n) is 3.91. The Hall–Kier alpha value is -1.05. The lowest BCUT2D eigenvalue weighted by Gasteiger charge is -1.97. The number of hydrogen-bond donors (Lipinski definition) is 0. The lowest BCUT2D eigenvalue weighted by atomic mass is 10.2. The van der Waals surface area contributed by atoms with Gasteiger partial charge in [0.1, 0.15) is 6.07 Å². The molecule has 0 fully saturated rings. The van der Waals surface area contributed by atoms with Crippen molar-refractivity contribution < 1.29 is 4.39 Å². The summed E-state index contributed by atoms with van der Waals surface area (Å²) in [7, 11) is 0. The van der Waals surface area contributed by atoms with Crippen LogP contribution in [0.1, 0.15) is 5.56 Å². The average Bonchev–Trinajstić information content (AvgIpc) is 2.62. The number of hydrogen-bond acceptors (Lipinski definition) is 3. The molecule has 0 aliphatic heterocycles. The number of nitrogens with zero attached hydrogens (tertiary/aromatic N) is 1. The van der Waals surface area contributed by atoms with E-state index in [1.807, 2.05) is 17.7 Å². The highest BCUT2D eigenvalue weighted by Gasteiger charge is 2.11. The Bertz CT molecular complexity index is 525. The van der Waals surface area contributed by atoms with E-state index in [4.69, 9.17) is 5.26 Å². The normalized spacial score (nSPS) is 10.4. The van der Waals surface area contributed by atoms with E-state index in [2.05, 4.69) is 0 Å². The molecule has 0 amide bonds. The summed E-state index contributed by atoms with van der Waals surface area (Å²) in [6.07, 6.45) is 1.90. The highest BCUT2D eigenvalue weighted by molar-refractivity contribution is 7.99. The van der Waals surface area contributed by atoms with E-state index >= 15 is 0 Å². The highest BCUT2D eigenvalue weighted by atomic mass is 32.2. The largest absolute Gasteiger partial charge is 0.205 e. The van der Waals surface area contributed by atoms with Gasteiger partial charge in [-0.15, -0.1) is 23.1 Å². The van der Waals surface area contributed by atoms with Gasteiger partial charge in [0.05, 0.1) is 5.56 Å². The molecule has 4 heteroatoms. The van der Waals surface area contributed by atoms with Gasteiger partial charge < -0.3 is 0 Å². The monoisotopic (exact) mass is 223 g/mol. The van der Waals surface area contributed by atoms with E-state index in [1.54, 1.807) is 6.07 Å². The van der Waals surface area contributed by atoms with Crippen molar-refractivity contribution in [3.05, 3.63) is 28.9 Å². The Morgan fingerprint density at radius 1 is 1.50 bits per heavy atom.